The summed E-state index contributed by atoms with van der Waals surface area (Å²) in [5.41, 5.74) is 0.00859. The van der Waals surface area contributed by atoms with Crippen LogP contribution >= 0.6 is 55.1 Å². The van der Waals surface area contributed by atoms with Gasteiger partial charge in [-0.1, -0.05) is 55.1 Å². The predicted octanol–water partition coefficient (Wildman–Crippen LogP) is 5.24. The number of benzene rings is 2. The van der Waals surface area contributed by atoms with E-state index in [1.165, 1.54) is 42.5 Å². The number of hydrazine groups is 1. The van der Waals surface area contributed by atoms with Crippen molar-refractivity contribution >= 4 is 78.5 Å². The van der Waals surface area contributed by atoms with Crippen molar-refractivity contribution in [3.05, 3.63) is 73.8 Å². The summed E-state index contributed by atoms with van der Waals surface area (Å²) >= 11 is 19.2. The van der Waals surface area contributed by atoms with Crippen LogP contribution in [0.15, 0.2) is 42.5 Å². The topological polar surface area (TPSA) is 101 Å². The molecule has 2 aromatic rings. The summed E-state index contributed by atoms with van der Waals surface area (Å²) in [5, 5.41) is 14.1. The molecule has 2 bridgehead atoms. The molecule has 6 atom stereocenters. The number of carbonyl (C=O) groups excluding carboxylic acids is 3. The van der Waals surface area contributed by atoms with Gasteiger partial charge in [-0.15, -0.1) is 0 Å². The van der Waals surface area contributed by atoms with Crippen LogP contribution in [0.25, 0.3) is 0 Å². The third-order valence-electron chi connectivity index (χ3n) is 7.10. The van der Waals surface area contributed by atoms with E-state index in [4.69, 9.17) is 23.2 Å². The zero-order valence-electron chi connectivity index (χ0n) is 17.8. The molecular weight excluding hydrogens is 629 g/mol. The lowest BCUT2D eigenvalue weighted by molar-refractivity contribution is -0.385. The van der Waals surface area contributed by atoms with Crippen LogP contribution in [0.2, 0.25) is 10.0 Å². The van der Waals surface area contributed by atoms with Crippen LogP contribution in [-0.4, -0.2) is 42.3 Å². The molecule has 2 aliphatic carbocycles. The number of nitro benzene ring substituents is 1. The highest BCUT2D eigenvalue weighted by molar-refractivity contribution is 9.12. The molecule has 0 aromatic heterocycles. The molecule has 3 fully saturated rings. The summed E-state index contributed by atoms with van der Waals surface area (Å²) < 4.78 is 0. The van der Waals surface area contributed by atoms with Crippen LogP contribution in [0.3, 0.4) is 0 Å². The zero-order chi connectivity index (χ0) is 25.2. The summed E-state index contributed by atoms with van der Waals surface area (Å²) in [6, 6.07) is 10.0. The van der Waals surface area contributed by atoms with Gasteiger partial charge in [-0.3, -0.25) is 24.5 Å². The Hall–Kier alpha value is -2.01. The third-order valence-corrected chi connectivity index (χ3v) is 10.8. The molecule has 5 rings (SSSR count). The number of hydrogen-bond donors (Lipinski definition) is 0. The lowest BCUT2D eigenvalue weighted by Crippen LogP contribution is -2.50. The van der Waals surface area contributed by atoms with Gasteiger partial charge in [0.05, 0.1) is 28.9 Å². The first-order valence-electron chi connectivity index (χ1n) is 10.8. The molecule has 8 nitrogen and oxygen atoms in total. The summed E-state index contributed by atoms with van der Waals surface area (Å²) in [4.78, 5) is 52.0. The van der Waals surface area contributed by atoms with Gasteiger partial charge in [-0.05, 0) is 54.7 Å². The average Bonchev–Trinajstić information content (AvgIpc) is 3.43. The van der Waals surface area contributed by atoms with Crippen LogP contribution in [-0.2, 0) is 16.1 Å². The van der Waals surface area contributed by atoms with Crippen molar-refractivity contribution in [2.75, 3.05) is 0 Å². The van der Waals surface area contributed by atoms with Crippen molar-refractivity contribution in [3.63, 3.8) is 0 Å². The molecule has 182 valence electrons. The highest BCUT2D eigenvalue weighted by atomic mass is 79.9. The number of rotatable bonds is 5. The van der Waals surface area contributed by atoms with Gasteiger partial charge in [0.15, 0.2) is 0 Å². The van der Waals surface area contributed by atoms with Crippen LogP contribution in [0, 0.1) is 33.8 Å². The van der Waals surface area contributed by atoms with E-state index in [-0.39, 0.29) is 49.9 Å². The molecule has 0 unspecified atom stereocenters. The van der Waals surface area contributed by atoms with Gasteiger partial charge in [0, 0.05) is 31.3 Å². The van der Waals surface area contributed by atoms with E-state index in [1.54, 1.807) is 0 Å². The van der Waals surface area contributed by atoms with Crippen molar-refractivity contribution in [2.24, 2.45) is 23.7 Å². The van der Waals surface area contributed by atoms with Crippen molar-refractivity contribution < 1.29 is 19.3 Å². The minimum absolute atomic E-state index is 0.0308. The first-order chi connectivity index (χ1) is 16.6. The number of halogens is 4. The standard InChI is InChI=1S/C23H17Br2Cl2N3O5/c24-19-14-8-15(20(19)25)18-17(14)22(32)29(23(18)33)28(21(31)10-1-4-12(26)5-2-10)9-11-3-6-13(27)7-16(11)30(34)35/h1-7,14-15,17-20H,8-9H2/t14-,15-,17-,18+,19-,20+/m1/s1. The molecule has 2 aromatic carbocycles. The van der Waals surface area contributed by atoms with E-state index in [2.05, 4.69) is 31.9 Å². The third kappa shape index (κ3) is 3.98. The van der Waals surface area contributed by atoms with Gasteiger partial charge in [0.1, 0.15) is 0 Å². The average molecular weight is 646 g/mol. The quantitative estimate of drug-likeness (QED) is 0.192. The Balaban J connectivity index is 1.57. The molecule has 0 spiro atoms. The Bertz CT molecular complexity index is 1230. The number of carbonyl (C=O) groups is 3. The number of fused-ring (bicyclic) bond motifs is 5. The number of alkyl halides is 2. The molecule has 3 aliphatic rings. The molecule has 1 aliphatic heterocycles. The Morgan fingerprint density at radius 1 is 1.00 bits per heavy atom. The lowest BCUT2D eigenvalue weighted by atomic mass is 9.81. The second kappa shape index (κ2) is 9.14. The molecule has 1 heterocycles. The minimum atomic E-state index is -0.647. The Labute approximate surface area is 226 Å². The van der Waals surface area contributed by atoms with Crippen molar-refractivity contribution in [3.8, 4) is 0 Å². The molecule has 0 radical (unpaired) electrons. The predicted molar refractivity (Wildman–Crippen MR) is 135 cm³/mol. The molecule has 1 saturated heterocycles. The van der Waals surface area contributed by atoms with E-state index >= 15 is 0 Å². The van der Waals surface area contributed by atoms with Gasteiger partial charge in [-0.25, -0.2) is 5.01 Å². The minimum Gasteiger partial charge on any atom is -0.272 e. The van der Waals surface area contributed by atoms with E-state index in [0.717, 1.165) is 16.4 Å². The highest BCUT2D eigenvalue weighted by Gasteiger charge is 2.67. The maximum atomic E-state index is 13.6. The van der Waals surface area contributed by atoms with Crippen molar-refractivity contribution in [1.29, 1.82) is 0 Å². The summed E-state index contributed by atoms with van der Waals surface area (Å²) in [6.07, 6.45) is 0.736. The second-order valence-corrected chi connectivity index (χ2v) is 11.9. The summed E-state index contributed by atoms with van der Waals surface area (Å²) in [6.45, 7) is -0.364. The molecule has 3 amide bonds. The Kier molecular flexibility index (Phi) is 6.44. The van der Waals surface area contributed by atoms with Gasteiger partial charge in [0.25, 0.3) is 23.4 Å². The van der Waals surface area contributed by atoms with Gasteiger partial charge >= 0.3 is 0 Å². The number of hydrogen-bond acceptors (Lipinski definition) is 5. The number of amides is 3. The van der Waals surface area contributed by atoms with E-state index in [1.807, 2.05) is 0 Å². The molecular formula is C23H17Br2Cl2N3O5. The molecule has 12 heteroatoms. The largest absolute Gasteiger partial charge is 0.275 e. The Morgan fingerprint density at radius 2 is 1.54 bits per heavy atom. The smallest absolute Gasteiger partial charge is 0.272 e. The van der Waals surface area contributed by atoms with Crippen LogP contribution < -0.4 is 0 Å². The van der Waals surface area contributed by atoms with Crippen LogP contribution in [0.4, 0.5) is 5.69 Å². The van der Waals surface area contributed by atoms with E-state index < -0.39 is 34.5 Å². The fourth-order valence-electron chi connectivity index (χ4n) is 5.55. The molecule has 2 saturated carbocycles. The van der Waals surface area contributed by atoms with Gasteiger partial charge in [-0.2, -0.15) is 5.01 Å². The number of nitrogens with zero attached hydrogens (tertiary/aromatic N) is 3. The van der Waals surface area contributed by atoms with Crippen molar-refractivity contribution in [1.82, 2.24) is 10.0 Å². The normalized spacial score (nSPS) is 29.0. The highest BCUT2D eigenvalue weighted by Crippen LogP contribution is 2.60. The number of imide groups is 1. The monoisotopic (exact) mass is 643 g/mol. The van der Waals surface area contributed by atoms with Gasteiger partial charge in [0.2, 0.25) is 0 Å². The van der Waals surface area contributed by atoms with Crippen LogP contribution in [0.5, 0.6) is 0 Å². The van der Waals surface area contributed by atoms with E-state index in [9.17, 15) is 24.5 Å². The first kappa shape index (κ1) is 24.7. The number of nitro groups is 1. The van der Waals surface area contributed by atoms with E-state index in [0.29, 0.717) is 5.02 Å². The summed E-state index contributed by atoms with van der Waals surface area (Å²) in [5.74, 6) is -2.77. The molecule has 35 heavy (non-hydrogen) atoms. The fourth-order valence-corrected chi connectivity index (χ4v) is 7.71. The second-order valence-electron chi connectivity index (χ2n) is 8.89. The Morgan fingerprint density at radius 3 is 2.09 bits per heavy atom. The fraction of sp³-hybridized carbons (Fsp3) is 0.348. The maximum absolute atomic E-state index is 13.6. The summed E-state index contributed by atoms with van der Waals surface area (Å²) in [7, 11) is 0. The SMILES string of the molecule is O=C(c1ccc(Cl)cc1)N(Cc1ccc(Cl)cc1[N+](=O)[O-])N1C(=O)[C@@H]2[C@H]3C[C@@H]([C@H](Br)[C@@H]3Br)[C@@H]2C1=O. The molecule has 0 N–H and O–H groups in total. The van der Waals surface area contributed by atoms with Crippen LogP contribution in [0.1, 0.15) is 22.3 Å². The van der Waals surface area contributed by atoms with Gasteiger partial charge < -0.3 is 0 Å². The van der Waals surface area contributed by atoms with Crippen molar-refractivity contribution in [2.45, 2.75) is 22.6 Å². The first-order valence-corrected chi connectivity index (χ1v) is 13.3. The zero-order valence-corrected chi connectivity index (χ0v) is 22.5. The lowest BCUT2D eigenvalue weighted by Gasteiger charge is -2.31. The maximum Gasteiger partial charge on any atom is 0.275 e.